The average molecular weight is 308 g/mol. The number of ether oxygens (including phenoxy) is 1. The second-order valence-corrected chi connectivity index (χ2v) is 6.09. The fourth-order valence-corrected chi connectivity index (χ4v) is 2.94. The predicted octanol–water partition coefficient (Wildman–Crippen LogP) is 2.53. The number of halogens is 1. The number of piperidine rings is 1. The molecule has 0 radical (unpaired) electrons. The maximum Gasteiger partial charge on any atom is 0.223 e. The summed E-state index contributed by atoms with van der Waals surface area (Å²) in [5.41, 5.74) is 6.50. The fourth-order valence-electron chi connectivity index (χ4n) is 2.94. The van der Waals surface area contributed by atoms with Crippen LogP contribution in [0.25, 0.3) is 0 Å². The van der Waals surface area contributed by atoms with Crippen molar-refractivity contribution in [2.45, 2.75) is 32.1 Å². The largest absolute Gasteiger partial charge is 0.496 e. The van der Waals surface area contributed by atoms with Crippen LogP contribution in [0, 0.1) is 11.7 Å². The molecular weight excluding hydrogens is 283 g/mol. The Balaban J connectivity index is 2.09. The molecule has 0 saturated carbocycles. The molecule has 1 unspecified atom stereocenters. The number of rotatable bonds is 5. The third-order valence-corrected chi connectivity index (χ3v) is 4.47. The Hall–Kier alpha value is -1.62. The van der Waals surface area contributed by atoms with Crippen LogP contribution >= 0.6 is 0 Å². The molecule has 1 fully saturated rings. The van der Waals surface area contributed by atoms with Crippen LogP contribution in [0.3, 0.4) is 0 Å². The van der Waals surface area contributed by atoms with Gasteiger partial charge in [-0.25, -0.2) is 4.39 Å². The average Bonchev–Trinajstić information content (AvgIpc) is 2.53. The standard InChI is InChI=1S/C17H25FN2O2/c1-12-5-7-20(8-6-12)17(21)9-13(11-19)15-10-14(18)3-4-16(15)22-2/h3-4,10,12-13H,5-9,11,19H2,1-2H3. The molecule has 22 heavy (non-hydrogen) atoms. The van der Waals surface area contributed by atoms with E-state index in [4.69, 9.17) is 10.5 Å². The molecule has 2 N–H and O–H groups in total. The molecule has 1 saturated heterocycles. The SMILES string of the molecule is COc1ccc(F)cc1C(CN)CC(=O)N1CCC(C)CC1. The van der Waals surface area contributed by atoms with E-state index in [0.717, 1.165) is 25.9 Å². The number of carbonyl (C=O) groups excluding carboxylic acids is 1. The Labute approximate surface area is 131 Å². The Morgan fingerprint density at radius 2 is 2.14 bits per heavy atom. The van der Waals surface area contributed by atoms with Crippen LogP contribution in [0.1, 0.15) is 37.7 Å². The van der Waals surface area contributed by atoms with Crippen LogP contribution in [0.15, 0.2) is 18.2 Å². The normalized spacial score (nSPS) is 17.4. The highest BCUT2D eigenvalue weighted by Crippen LogP contribution is 2.30. The summed E-state index contributed by atoms with van der Waals surface area (Å²) in [6.07, 6.45) is 2.38. The highest BCUT2D eigenvalue weighted by molar-refractivity contribution is 5.77. The van der Waals surface area contributed by atoms with Crippen molar-refractivity contribution in [3.63, 3.8) is 0 Å². The summed E-state index contributed by atoms with van der Waals surface area (Å²) in [6, 6.07) is 4.35. The highest BCUT2D eigenvalue weighted by atomic mass is 19.1. The Morgan fingerprint density at radius 1 is 1.45 bits per heavy atom. The van der Waals surface area contributed by atoms with Crippen LogP contribution in [0.4, 0.5) is 4.39 Å². The molecule has 1 amide bonds. The topological polar surface area (TPSA) is 55.6 Å². The third-order valence-electron chi connectivity index (χ3n) is 4.47. The van der Waals surface area contributed by atoms with E-state index in [0.29, 0.717) is 23.7 Å². The van der Waals surface area contributed by atoms with Gasteiger partial charge in [-0.3, -0.25) is 4.79 Å². The predicted molar refractivity (Wildman–Crippen MR) is 84.3 cm³/mol. The van der Waals surface area contributed by atoms with Gasteiger partial charge >= 0.3 is 0 Å². The second kappa shape index (κ2) is 7.58. The zero-order valence-electron chi connectivity index (χ0n) is 13.3. The van der Waals surface area contributed by atoms with E-state index >= 15 is 0 Å². The molecule has 122 valence electrons. The van der Waals surface area contributed by atoms with Gasteiger partial charge in [0, 0.05) is 31.0 Å². The molecule has 1 aromatic rings. The van der Waals surface area contributed by atoms with Crippen LogP contribution in [-0.2, 0) is 4.79 Å². The molecular formula is C17H25FN2O2. The number of nitrogens with two attached hydrogens (primary N) is 1. The van der Waals surface area contributed by atoms with E-state index in [-0.39, 0.29) is 24.2 Å². The first-order valence-corrected chi connectivity index (χ1v) is 7.86. The highest BCUT2D eigenvalue weighted by Gasteiger charge is 2.25. The molecule has 1 aliphatic heterocycles. The molecule has 0 bridgehead atoms. The molecule has 0 spiro atoms. The molecule has 0 aromatic heterocycles. The quantitative estimate of drug-likeness (QED) is 0.909. The molecule has 1 atom stereocenters. The van der Waals surface area contributed by atoms with Gasteiger partial charge in [0.15, 0.2) is 0 Å². The number of hydrogen-bond acceptors (Lipinski definition) is 3. The number of methoxy groups -OCH3 is 1. The van der Waals surface area contributed by atoms with Crippen molar-refractivity contribution in [1.82, 2.24) is 4.90 Å². The molecule has 0 aliphatic carbocycles. The fraction of sp³-hybridized carbons (Fsp3) is 0.588. The van der Waals surface area contributed by atoms with Gasteiger partial charge in [0.25, 0.3) is 0 Å². The maximum absolute atomic E-state index is 13.5. The first-order chi connectivity index (χ1) is 10.5. The number of nitrogens with zero attached hydrogens (tertiary/aromatic N) is 1. The summed E-state index contributed by atoms with van der Waals surface area (Å²) in [7, 11) is 1.54. The summed E-state index contributed by atoms with van der Waals surface area (Å²) < 4.78 is 18.8. The lowest BCUT2D eigenvalue weighted by molar-refractivity contribution is -0.132. The van der Waals surface area contributed by atoms with Crippen LogP contribution < -0.4 is 10.5 Å². The smallest absolute Gasteiger partial charge is 0.223 e. The lowest BCUT2D eigenvalue weighted by Crippen LogP contribution is -2.39. The number of benzene rings is 1. The zero-order chi connectivity index (χ0) is 16.1. The first-order valence-electron chi connectivity index (χ1n) is 7.86. The molecule has 5 heteroatoms. The Kier molecular flexibility index (Phi) is 5.77. The maximum atomic E-state index is 13.5. The van der Waals surface area contributed by atoms with Gasteiger partial charge in [0.1, 0.15) is 11.6 Å². The molecule has 2 rings (SSSR count). The Morgan fingerprint density at radius 3 is 2.73 bits per heavy atom. The minimum absolute atomic E-state index is 0.0914. The molecule has 4 nitrogen and oxygen atoms in total. The number of likely N-dealkylation sites (tertiary alicyclic amines) is 1. The Bertz CT molecular complexity index is 513. The van der Waals surface area contributed by atoms with E-state index in [9.17, 15) is 9.18 Å². The summed E-state index contributed by atoms with van der Waals surface area (Å²) in [5.74, 6) is 0.786. The van der Waals surface area contributed by atoms with Gasteiger partial charge < -0.3 is 15.4 Å². The van der Waals surface area contributed by atoms with Gasteiger partial charge in [-0.15, -0.1) is 0 Å². The van der Waals surface area contributed by atoms with Crippen LogP contribution in [-0.4, -0.2) is 37.6 Å². The summed E-state index contributed by atoms with van der Waals surface area (Å²) >= 11 is 0. The van der Waals surface area contributed by atoms with Gasteiger partial charge in [-0.1, -0.05) is 6.92 Å². The van der Waals surface area contributed by atoms with Crippen molar-refractivity contribution in [2.75, 3.05) is 26.7 Å². The number of amides is 1. The van der Waals surface area contributed by atoms with Crippen molar-refractivity contribution in [3.05, 3.63) is 29.6 Å². The molecule has 1 heterocycles. The van der Waals surface area contributed by atoms with Crippen LogP contribution in [0.2, 0.25) is 0 Å². The minimum atomic E-state index is -0.339. The third kappa shape index (κ3) is 3.97. The van der Waals surface area contributed by atoms with Gasteiger partial charge in [-0.05, 0) is 43.5 Å². The van der Waals surface area contributed by atoms with Crippen molar-refractivity contribution < 1.29 is 13.9 Å². The number of hydrogen-bond donors (Lipinski definition) is 1. The van der Waals surface area contributed by atoms with Gasteiger partial charge in [0.2, 0.25) is 5.91 Å². The monoisotopic (exact) mass is 308 g/mol. The van der Waals surface area contributed by atoms with Crippen molar-refractivity contribution >= 4 is 5.91 Å². The summed E-state index contributed by atoms with van der Waals surface area (Å²) in [6.45, 7) is 4.10. The molecule has 1 aromatic carbocycles. The zero-order valence-corrected chi connectivity index (χ0v) is 13.3. The van der Waals surface area contributed by atoms with E-state index in [1.807, 2.05) is 4.90 Å². The van der Waals surface area contributed by atoms with E-state index in [1.54, 1.807) is 6.07 Å². The van der Waals surface area contributed by atoms with Crippen molar-refractivity contribution in [3.8, 4) is 5.75 Å². The molecule has 1 aliphatic rings. The van der Waals surface area contributed by atoms with Crippen LogP contribution in [0.5, 0.6) is 5.75 Å². The number of carbonyl (C=O) groups is 1. The minimum Gasteiger partial charge on any atom is -0.496 e. The van der Waals surface area contributed by atoms with Gasteiger partial charge in [-0.2, -0.15) is 0 Å². The van der Waals surface area contributed by atoms with E-state index in [2.05, 4.69) is 6.92 Å². The summed E-state index contributed by atoms with van der Waals surface area (Å²) in [4.78, 5) is 14.4. The summed E-state index contributed by atoms with van der Waals surface area (Å²) in [5, 5.41) is 0. The lowest BCUT2D eigenvalue weighted by Gasteiger charge is -2.31. The van der Waals surface area contributed by atoms with Gasteiger partial charge in [0.05, 0.1) is 7.11 Å². The lowest BCUT2D eigenvalue weighted by atomic mass is 9.93. The van der Waals surface area contributed by atoms with Crippen molar-refractivity contribution in [2.24, 2.45) is 11.7 Å². The first kappa shape index (κ1) is 16.7. The van der Waals surface area contributed by atoms with Crippen molar-refractivity contribution in [1.29, 1.82) is 0 Å². The second-order valence-electron chi connectivity index (χ2n) is 6.09. The van der Waals surface area contributed by atoms with E-state index in [1.165, 1.54) is 19.2 Å². The van der Waals surface area contributed by atoms with E-state index < -0.39 is 0 Å².